The van der Waals surface area contributed by atoms with Crippen LogP contribution in [0.5, 0.6) is 0 Å². The summed E-state index contributed by atoms with van der Waals surface area (Å²) >= 11 is 0. The van der Waals surface area contributed by atoms with Crippen molar-refractivity contribution >= 4 is 43.3 Å². The van der Waals surface area contributed by atoms with E-state index in [4.69, 9.17) is 16.8 Å². The van der Waals surface area contributed by atoms with Crippen LogP contribution in [0.4, 0.5) is 0 Å². The van der Waals surface area contributed by atoms with Gasteiger partial charge in [-0.05, 0) is 72.7 Å². The van der Waals surface area contributed by atoms with Crippen molar-refractivity contribution in [2.75, 3.05) is 0 Å². The molecule has 1 aromatic heterocycles. The molecule has 0 bridgehead atoms. The highest BCUT2D eigenvalue weighted by molar-refractivity contribution is 6.25. The molecule has 210 valence electrons. The quantitative estimate of drug-likeness (QED) is 0.187. The summed E-state index contributed by atoms with van der Waals surface area (Å²) in [5, 5.41) is -0.852. The van der Waals surface area contributed by atoms with Crippen molar-refractivity contribution in [1.82, 2.24) is 0 Å². The van der Waals surface area contributed by atoms with E-state index in [1.807, 2.05) is 30.3 Å². The lowest BCUT2D eigenvalue weighted by atomic mass is 9.84. The first-order valence-corrected chi connectivity index (χ1v) is 14.2. The van der Waals surface area contributed by atoms with E-state index in [0.717, 1.165) is 5.56 Å². The second-order valence-corrected chi connectivity index (χ2v) is 10.5. The molecular formula is C44H28O. The van der Waals surface area contributed by atoms with Crippen LogP contribution >= 0.6 is 0 Å². The van der Waals surface area contributed by atoms with Crippen molar-refractivity contribution in [1.29, 1.82) is 0 Å². The second-order valence-electron chi connectivity index (χ2n) is 10.5. The van der Waals surface area contributed by atoms with Gasteiger partial charge in [0.1, 0.15) is 11.3 Å². The molecule has 0 spiro atoms. The Labute approximate surface area is 282 Å². The van der Waals surface area contributed by atoms with E-state index in [1.165, 1.54) is 0 Å². The van der Waals surface area contributed by atoms with Gasteiger partial charge in [-0.3, -0.25) is 0 Å². The van der Waals surface area contributed by atoms with Gasteiger partial charge >= 0.3 is 0 Å². The summed E-state index contributed by atoms with van der Waals surface area (Å²) in [5.74, 6) is -0.289. The molecular weight excluding hydrogens is 544 g/mol. The Balaban J connectivity index is 1.62. The normalized spacial score (nSPS) is 16.2. The summed E-state index contributed by atoms with van der Waals surface area (Å²) in [6.45, 7) is 0. The highest BCUT2D eigenvalue weighted by Gasteiger charge is 2.24. The molecule has 0 saturated carbocycles. The predicted molar refractivity (Wildman–Crippen MR) is 190 cm³/mol. The van der Waals surface area contributed by atoms with Gasteiger partial charge < -0.3 is 4.42 Å². The van der Waals surface area contributed by atoms with Crippen LogP contribution in [0, 0.1) is 0 Å². The van der Waals surface area contributed by atoms with Crippen LogP contribution in [-0.2, 0) is 0 Å². The van der Waals surface area contributed by atoms with Crippen LogP contribution in [0.2, 0.25) is 0 Å². The van der Waals surface area contributed by atoms with Crippen molar-refractivity contribution in [3.63, 3.8) is 0 Å². The van der Waals surface area contributed by atoms with Crippen LogP contribution < -0.4 is 0 Å². The third-order valence-corrected chi connectivity index (χ3v) is 7.96. The molecule has 1 heteroatoms. The summed E-state index contributed by atoms with van der Waals surface area (Å²) in [4.78, 5) is 0. The Morgan fingerprint density at radius 2 is 0.978 bits per heavy atom. The first-order chi connectivity index (χ1) is 28.6. The first kappa shape index (κ1) is 14.7. The van der Waals surface area contributed by atoms with Crippen molar-refractivity contribution < 1.29 is 25.0 Å². The largest absolute Gasteiger partial charge is 0.455 e. The minimum absolute atomic E-state index is 0.0194. The van der Waals surface area contributed by atoms with Crippen LogP contribution in [0.3, 0.4) is 0 Å². The standard InChI is InChI=1S/C44H28O/c1-3-13-29(14-4-1)33-25-26-40-39(28-33)43(44(45-40)34-24-23-30-15-7-8-18-32(30)27-34)42-37-21-11-9-19-35(37)41(31-16-5-2-6-17-31)36-20-10-12-22-38(36)42/h1-28H/i7D,8D,9D,10D,11D,12D,15D,18D,19D,20D,21D,22D,23D,24D,27D. The van der Waals surface area contributed by atoms with Gasteiger partial charge in [-0.15, -0.1) is 0 Å². The first-order valence-electron chi connectivity index (χ1n) is 21.7. The topological polar surface area (TPSA) is 13.1 Å². The van der Waals surface area contributed by atoms with Gasteiger partial charge in [0, 0.05) is 22.1 Å². The Morgan fingerprint density at radius 3 is 1.64 bits per heavy atom. The molecule has 1 nitrogen and oxygen atoms in total. The van der Waals surface area contributed by atoms with E-state index in [-0.39, 0.29) is 71.3 Å². The van der Waals surface area contributed by atoms with Gasteiger partial charge in [0.05, 0.1) is 20.6 Å². The van der Waals surface area contributed by atoms with Gasteiger partial charge in [0.2, 0.25) is 0 Å². The maximum absolute atomic E-state index is 9.52. The average molecular weight is 588 g/mol. The maximum atomic E-state index is 9.52. The molecule has 0 saturated heterocycles. The molecule has 0 aliphatic carbocycles. The average Bonchev–Trinajstić information content (AvgIpc) is 3.63. The fourth-order valence-electron chi connectivity index (χ4n) is 6.00. The van der Waals surface area contributed by atoms with Crippen molar-refractivity contribution in [3.05, 3.63) is 169 Å². The lowest BCUT2D eigenvalue weighted by Crippen LogP contribution is -1.91. The zero-order chi connectivity index (χ0) is 42.8. The van der Waals surface area contributed by atoms with Crippen LogP contribution in [0.1, 0.15) is 20.6 Å². The molecule has 0 atom stereocenters. The van der Waals surface area contributed by atoms with Crippen LogP contribution in [0.25, 0.3) is 88.0 Å². The zero-order valence-corrected chi connectivity index (χ0v) is 23.4. The van der Waals surface area contributed by atoms with E-state index < -0.39 is 90.6 Å². The van der Waals surface area contributed by atoms with E-state index >= 15 is 0 Å². The summed E-state index contributed by atoms with van der Waals surface area (Å²) < 4.78 is 142. The van der Waals surface area contributed by atoms with Gasteiger partial charge in [-0.1, -0.05) is 151 Å². The summed E-state index contributed by atoms with van der Waals surface area (Å²) in [6, 6.07) is 13.9. The third kappa shape index (κ3) is 4.17. The smallest absolute Gasteiger partial charge is 0.143 e. The minimum atomic E-state index is -0.665. The molecule has 1 heterocycles. The fourth-order valence-corrected chi connectivity index (χ4v) is 6.00. The van der Waals surface area contributed by atoms with Crippen molar-refractivity contribution in [3.8, 4) is 44.7 Å². The number of benzene rings is 8. The SMILES string of the molecule is [2H]c1c([2H])c([2H])c2c([2H])c(-c3oc4ccc(-c5ccccc5)cc4c3-c3c4c([2H])c([2H])c([2H])c([2H])c4c(-c4ccccc4)c4c([2H])c([2H])c([2H])c([2H])c34)c([2H])c([2H])c2c1[2H]. The highest BCUT2D eigenvalue weighted by Crippen LogP contribution is 2.50. The Bertz CT molecular complexity index is 3280. The number of hydrogen-bond donors (Lipinski definition) is 0. The minimum Gasteiger partial charge on any atom is -0.455 e. The summed E-state index contributed by atoms with van der Waals surface area (Å²) in [5.41, 5.74) is 1.59. The van der Waals surface area contributed by atoms with Gasteiger partial charge in [-0.2, -0.15) is 0 Å². The van der Waals surface area contributed by atoms with E-state index in [2.05, 4.69) is 0 Å². The van der Waals surface area contributed by atoms with E-state index in [1.54, 1.807) is 48.5 Å². The third-order valence-electron chi connectivity index (χ3n) is 7.96. The van der Waals surface area contributed by atoms with Crippen LogP contribution in [-0.4, -0.2) is 0 Å². The Morgan fingerprint density at radius 1 is 0.400 bits per heavy atom. The molecule has 0 aliphatic heterocycles. The summed E-state index contributed by atoms with van der Waals surface area (Å²) in [6.07, 6.45) is 0. The molecule has 0 amide bonds. The molecule has 45 heavy (non-hydrogen) atoms. The lowest BCUT2D eigenvalue weighted by molar-refractivity contribution is 0.632. The molecule has 8 aromatic carbocycles. The highest BCUT2D eigenvalue weighted by atomic mass is 16.3. The number of hydrogen-bond acceptors (Lipinski definition) is 1. The Hall–Kier alpha value is -5.92. The number of rotatable bonds is 4. The van der Waals surface area contributed by atoms with Gasteiger partial charge in [-0.25, -0.2) is 0 Å². The predicted octanol–water partition coefficient (Wildman–Crippen LogP) is 12.6. The van der Waals surface area contributed by atoms with Gasteiger partial charge in [0.15, 0.2) is 0 Å². The van der Waals surface area contributed by atoms with E-state index in [0.29, 0.717) is 11.1 Å². The molecule has 0 N–H and O–H groups in total. The molecule has 0 unspecified atom stereocenters. The molecule has 9 rings (SSSR count). The molecule has 0 fully saturated rings. The van der Waals surface area contributed by atoms with Crippen molar-refractivity contribution in [2.24, 2.45) is 0 Å². The maximum Gasteiger partial charge on any atom is 0.143 e. The van der Waals surface area contributed by atoms with Gasteiger partial charge in [0.25, 0.3) is 0 Å². The van der Waals surface area contributed by atoms with Crippen LogP contribution in [0.15, 0.2) is 174 Å². The van der Waals surface area contributed by atoms with E-state index in [9.17, 15) is 8.22 Å². The van der Waals surface area contributed by atoms with Crippen molar-refractivity contribution in [2.45, 2.75) is 0 Å². The Kier molecular flexibility index (Phi) is 3.39. The molecule has 0 aliphatic rings. The molecule has 9 aromatic rings. The lowest BCUT2D eigenvalue weighted by Gasteiger charge is -2.18. The monoisotopic (exact) mass is 587 g/mol. The zero-order valence-electron chi connectivity index (χ0n) is 38.4. The fraction of sp³-hybridized carbons (Fsp3) is 0. The second kappa shape index (κ2) is 10.4. The number of furan rings is 1. The molecule has 0 radical (unpaired) electrons. The summed E-state index contributed by atoms with van der Waals surface area (Å²) in [7, 11) is 0. The number of fused-ring (bicyclic) bond motifs is 4.